The molecule has 1 aromatic heterocycles. The van der Waals surface area contributed by atoms with Gasteiger partial charge in [0.1, 0.15) is 0 Å². The van der Waals surface area contributed by atoms with E-state index in [0.717, 1.165) is 40.8 Å². The molecule has 126 valence electrons. The van der Waals surface area contributed by atoms with Crippen LogP contribution in [0.2, 0.25) is 5.02 Å². The van der Waals surface area contributed by atoms with Crippen LogP contribution in [-0.4, -0.2) is 24.6 Å². The predicted octanol–water partition coefficient (Wildman–Crippen LogP) is 3.27. The number of pyridine rings is 1. The highest BCUT2D eigenvalue weighted by Gasteiger charge is 2.15. The minimum absolute atomic E-state index is 0.0425. The predicted molar refractivity (Wildman–Crippen MR) is 103 cm³/mol. The number of aromatic amines is 1. The third-order valence-corrected chi connectivity index (χ3v) is 4.96. The van der Waals surface area contributed by atoms with E-state index in [1.165, 1.54) is 0 Å². The van der Waals surface area contributed by atoms with Gasteiger partial charge in [-0.2, -0.15) is 0 Å². The van der Waals surface area contributed by atoms with E-state index < -0.39 is 0 Å². The van der Waals surface area contributed by atoms with E-state index >= 15 is 0 Å². The summed E-state index contributed by atoms with van der Waals surface area (Å²) in [6, 6.07) is 7.58. The highest BCUT2D eigenvalue weighted by Crippen LogP contribution is 2.23. The molecule has 0 spiro atoms. The van der Waals surface area contributed by atoms with E-state index in [4.69, 9.17) is 11.6 Å². The molecule has 1 fully saturated rings. The van der Waals surface area contributed by atoms with Crippen LogP contribution in [0.15, 0.2) is 39.7 Å². The molecule has 1 aliphatic heterocycles. The Morgan fingerprint density at radius 3 is 2.83 bits per heavy atom. The Morgan fingerprint density at radius 2 is 2.12 bits per heavy atom. The summed E-state index contributed by atoms with van der Waals surface area (Å²) in [6.07, 6.45) is 5.69. The van der Waals surface area contributed by atoms with Crippen molar-refractivity contribution in [3.8, 4) is 0 Å². The standard InChI is InChI=1S/C18H19BrClN3O/c19-17-6-16(20)4-3-14(17)2-1-12-5-15(18(24)23-10-12)11-22-9-13-7-21-8-13/h1-6,10,13,21-22H,7-9,11H2,(H,23,24)/b2-1+. The van der Waals surface area contributed by atoms with Crippen LogP contribution in [0, 0.1) is 5.92 Å². The molecule has 1 aromatic carbocycles. The summed E-state index contributed by atoms with van der Waals surface area (Å²) in [5, 5.41) is 7.29. The number of nitrogens with one attached hydrogen (secondary N) is 3. The van der Waals surface area contributed by atoms with Crippen LogP contribution in [-0.2, 0) is 6.54 Å². The maximum atomic E-state index is 11.9. The van der Waals surface area contributed by atoms with Gasteiger partial charge < -0.3 is 15.6 Å². The summed E-state index contributed by atoms with van der Waals surface area (Å²) in [6.45, 7) is 3.63. The second kappa shape index (κ2) is 8.12. The zero-order valence-corrected chi connectivity index (χ0v) is 15.5. The number of hydrogen-bond donors (Lipinski definition) is 3. The maximum absolute atomic E-state index is 11.9. The molecule has 0 amide bonds. The van der Waals surface area contributed by atoms with Crippen molar-refractivity contribution in [2.45, 2.75) is 6.54 Å². The van der Waals surface area contributed by atoms with Crippen LogP contribution in [0.3, 0.4) is 0 Å². The molecule has 1 saturated heterocycles. The first-order valence-electron chi connectivity index (χ1n) is 7.88. The monoisotopic (exact) mass is 407 g/mol. The molecule has 0 unspecified atom stereocenters. The van der Waals surface area contributed by atoms with Gasteiger partial charge >= 0.3 is 0 Å². The normalized spacial score (nSPS) is 14.9. The Morgan fingerprint density at radius 1 is 1.29 bits per heavy atom. The first-order valence-corrected chi connectivity index (χ1v) is 9.05. The lowest BCUT2D eigenvalue weighted by atomic mass is 10.0. The Kier molecular flexibility index (Phi) is 5.89. The molecule has 0 aliphatic carbocycles. The van der Waals surface area contributed by atoms with Gasteiger partial charge in [-0.25, -0.2) is 0 Å². The van der Waals surface area contributed by atoms with E-state index in [0.29, 0.717) is 17.5 Å². The fourth-order valence-corrected chi connectivity index (χ4v) is 3.32. The highest BCUT2D eigenvalue weighted by atomic mass is 79.9. The Balaban J connectivity index is 1.67. The Bertz CT molecular complexity index is 799. The van der Waals surface area contributed by atoms with Crippen LogP contribution in [0.4, 0.5) is 0 Å². The lowest BCUT2D eigenvalue weighted by Crippen LogP contribution is -2.47. The van der Waals surface area contributed by atoms with E-state index in [1.807, 2.05) is 36.4 Å². The lowest BCUT2D eigenvalue weighted by Gasteiger charge is -2.27. The molecule has 1 aliphatic rings. The van der Waals surface area contributed by atoms with Crippen LogP contribution >= 0.6 is 27.5 Å². The van der Waals surface area contributed by atoms with Gasteiger partial charge in [-0.15, -0.1) is 0 Å². The Hall–Kier alpha value is -1.40. The van der Waals surface area contributed by atoms with Crippen molar-refractivity contribution < 1.29 is 0 Å². The lowest BCUT2D eigenvalue weighted by molar-refractivity contribution is 0.331. The molecule has 6 heteroatoms. The van der Waals surface area contributed by atoms with Crippen molar-refractivity contribution in [2.24, 2.45) is 5.92 Å². The van der Waals surface area contributed by atoms with E-state index in [-0.39, 0.29) is 5.56 Å². The summed E-state index contributed by atoms with van der Waals surface area (Å²) >= 11 is 9.45. The number of hydrogen-bond acceptors (Lipinski definition) is 3. The van der Waals surface area contributed by atoms with Crippen molar-refractivity contribution >= 4 is 39.7 Å². The van der Waals surface area contributed by atoms with Gasteiger partial charge in [0.15, 0.2) is 0 Å². The third-order valence-electron chi connectivity index (χ3n) is 4.03. The second-order valence-corrected chi connectivity index (χ2v) is 7.23. The van der Waals surface area contributed by atoms with Crippen molar-refractivity contribution in [3.63, 3.8) is 0 Å². The molecule has 3 N–H and O–H groups in total. The second-order valence-electron chi connectivity index (χ2n) is 5.94. The van der Waals surface area contributed by atoms with Crippen LogP contribution in [0.5, 0.6) is 0 Å². The van der Waals surface area contributed by atoms with Gasteiger partial charge in [-0.05, 0) is 35.2 Å². The summed E-state index contributed by atoms with van der Waals surface area (Å²) in [5.74, 6) is 0.675. The molecule has 2 heterocycles. The molecule has 0 atom stereocenters. The van der Waals surface area contributed by atoms with Crippen LogP contribution in [0.1, 0.15) is 16.7 Å². The molecule has 4 nitrogen and oxygen atoms in total. The number of aromatic nitrogens is 1. The van der Waals surface area contributed by atoms with Gasteiger partial charge in [0.25, 0.3) is 5.56 Å². The molecule has 0 saturated carbocycles. The largest absolute Gasteiger partial charge is 0.328 e. The van der Waals surface area contributed by atoms with Crippen molar-refractivity contribution in [1.82, 2.24) is 15.6 Å². The molecule has 3 rings (SSSR count). The third kappa shape index (κ3) is 4.57. The summed E-state index contributed by atoms with van der Waals surface area (Å²) in [5.41, 5.74) is 2.69. The van der Waals surface area contributed by atoms with Gasteiger partial charge in [0.05, 0.1) is 0 Å². The molecular weight excluding hydrogens is 390 g/mol. The summed E-state index contributed by atoms with van der Waals surface area (Å²) in [4.78, 5) is 14.7. The van der Waals surface area contributed by atoms with E-state index in [9.17, 15) is 4.79 Å². The van der Waals surface area contributed by atoms with E-state index in [2.05, 4.69) is 31.5 Å². The Labute approximate surface area is 154 Å². The zero-order valence-electron chi connectivity index (χ0n) is 13.1. The van der Waals surface area contributed by atoms with Gasteiger partial charge in [0.2, 0.25) is 0 Å². The number of benzene rings is 1. The van der Waals surface area contributed by atoms with Crippen molar-refractivity contribution in [1.29, 1.82) is 0 Å². The SMILES string of the molecule is O=c1[nH]cc(/C=C/c2ccc(Cl)cc2Br)cc1CNCC1CNC1. The number of rotatable bonds is 6. The van der Waals surface area contributed by atoms with Crippen LogP contribution in [0.25, 0.3) is 12.2 Å². The fourth-order valence-electron chi connectivity index (χ4n) is 2.50. The topological polar surface area (TPSA) is 56.9 Å². The quantitative estimate of drug-likeness (QED) is 0.687. The minimum Gasteiger partial charge on any atom is -0.328 e. The van der Waals surface area contributed by atoms with Gasteiger partial charge in [-0.1, -0.05) is 45.7 Å². The number of H-pyrrole nitrogens is 1. The van der Waals surface area contributed by atoms with Crippen LogP contribution < -0.4 is 16.2 Å². The fraction of sp³-hybridized carbons (Fsp3) is 0.278. The maximum Gasteiger partial charge on any atom is 0.252 e. The van der Waals surface area contributed by atoms with Crippen molar-refractivity contribution in [3.05, 3.63) is 67.0 Å². The summed E-state index contributed by atoms with van der Waals surface area (Å²) in [7, 11) is 0. The molecule has 0 radical (unpaired) electrons. The average molecular weight is 409 g/mol. The molecular formula is C18H19BrClN3O. The molecule has 2 aromatic rings. The smallest absolute Gasteiger partial charge is 0.252 e. The summed E-state index contributed by atoms with van der Waals surface area (Å²) < 4.78 is 0.937. The van der Waals surface area contributed by atoms with Crippen molar-refractivity contribution in [2.75, 3.05) is 19.6 Å². The first-order chi connectivity index (χ1) is 11.6. The molecule has 24 heavy (non-hydrogen) atoms. The highest BCUT2D eigenvalue weighted by molar-refractivity contribution is 9.10. The first kappa shape index (κ1) is 17.4. The van der Waals surface area contributed by atoms with Gasteiger partial charge in [-0.3, -0.25) is 4.79 Å². The zero-order chi connectivity index (χ0) is 16.9. The number of halogens is 2. The molecule has 0 bridgehead atoms. The van der Waals surface area contributed by atoms with E-state index in [1.54, 1.807) is 6.20 Å². The average Bonchev–Trinajstić information content (AvgIpc) is 2.51. The van der Waals surface area contributed by atoms with Gasteiger partial charge in [0, 0.05) is 47.4 Å². The minimum atomic E-state index is -0.0425.